The molecule has 2 fully saturated rings. The predicted molar refractivity (Wildman–Crippen MR) is 98.3 cm³/mol. The summed E-state index contributed by atoms with van der Waals surface area (Å²) in [6, 6.07) is 9.21. The molecule has 1 aromatic carbocycles. The monoisotopic (exact) mass is 340 g/mol. The molecule has 2 atom stereocenters. The summed E-state index contributed by atoms with van der Waals surface area (Å²) in [7, 11) is 0. The minimum absolute atomic E-state index is 0.499. The molecule has 5 nitrogen and oxygen atoms in total. The number of nitrogens with zero attached hydrogens (tertiary/aromatic N) is 3. The summed E-state index contributed by atoms with van der Waals surface area (Å²) in [6.07, 6.45) is 3.70. The highest BCUT2D eigenvalue weighted by atomic mass is 16.4. The first kappa shape index (κ1) is 16.6. The highest BCUT2D eigenvalue weighted by molar-refractivity contribution is 5.31. The molecule has 1 aliphatic heterocycles. The van der Waals surface area contributed by atoms with Gasteiger partial charge in [0.2, 0.25) is 5.89 Å². The number of hydrogen-bond acceptors (Lipinski definition) is 5. The quantitative estimate of drug-likeness (QED) is 0.860. The third-order valence-electron chi connectivity index (χ3n) is 5.25. The molecule has 2 heterocycles. The summed E-state index contributed by atoms with van der Waals surface area (Å²) >= 11 is 0. The van der Waals surface area contributed by atoms with Crippen LogP contribution in [-0.2, 0) is 13.1 Å². The highest BCUT2D eigenvalue weighted by Gasteiger charge is 2.29. The third kappa shape index (κ3) is 4.21. The van der Waals surface area contributed by atoms with E-state index in [0.29, 0.717) is 11.9 Å². The number of aromatic nitrogens is 2. The minimum Gasteiger partial charge on any atom is -0.408 e. The minimum atomic E-state index is 0.499. The molecule has 0 radical (unpaired) electrons. The second kappa shape index (κ2) is 7.16. The molecule has 0 amide bonds. The Bertz CT molecular complexity index is 699. The van der Waals surface area contributed by atoms with Crippen LogP contribution >= 0.6 is 0 Å². The Kier molecular flexibility index (Phi) is 4.75. The maximum absolute atomic E-state index is 5.70. The smallest absolute Gasteiger partial charge is 0.315 e. The standard InChI is InChI=1S/C20H28N4O/c1-14-9-15(2)12-24(11-14)13-18-6-4-3-5-17(18)10-21-20-23-22-19(25-20)16-7-8-16/h3-6,14-16H,7-13H2,1-2H3,(H,21,23). The van der Waals surface area contributed by atoms with Crippen LogP contribution in [0.25, 0.3) is 0 Å². The summed E-state index contributed by atoms with van der Waals surface area (Å²) in [5.41, 5.74) is 2.69. The summed E-state index contributed by atoms with van der Waals surface area (Å²) in [5.74, 6) is 2.85. The number of benzene rings is 1. The van der Waals surface area contributed by atoms with Gasteiger partial charge >= 0.3 is 6.01 Å². The third-order valence-corrected chi connectivity index (χ3v) is 5.25. The van der Waals surface area contributed by atoms with Gasteiger partial charge in [0.1, 0.15) is 0 Å². The van der Waals surface area contributed by atoms with Gasteiger partial charge in [-0.1, -0.05) is 43.2 Å². The first-order chi connectivity index (χ1) is 12.2. The second-order valence-electron chi connectivity index (χ2n) is 7.98. The van der Waals surface area contributed by atoms with Crippen molar-refractivity contribution in [1.29, 1.82) is 0 Å². The molecule has 2 unspecified atom stereocenters. The van der Waals surface area contributed by atoms with Crippen LogP contribution < -0.4 is 5.32 Å². The van der Waals surface area contributed by atoms with Crippen molar-refractivity contribution in [3.8, 4) is 0 Å². The lowest BCUT2D eigenvalue weighted by Crippen LogP contribution is -2.38. The Balaban J connectivity index is 1.39. The van der Waals surface area contributed by atoms with Crippen LogP contribution in [0.5, 0.6) is 0 Å². The van der Waals surface area contributed by atoms with E-state index in [-0.39, 0.29) is 0 Å². The van der Waals surface area contributed by atoms with Gasteiger partial charge in [0.15, 0.2) is 0 Å². The van der Waals surface area contributed by atoms with Gasteiger partial charge in [-0.3, -0.25) is 4.90 Å². The average Bonchev–Trinajstić information content (AvgIpc) is 3.32. The second-order valence-corrected chi connectivity index (χ2v) is 7.98. The fourth-order valence-corrected chi connectivity index (χ4v) is 4.02. The van der Waals surface area contributed by atoms with Crippen LogP contribution in [0.3, 0.4) is 0 Å². The summed E-state index contributed by atoms with van der Waals surface area (Å²) < 4.78 is 5.70. The van der Waals surface area contributed by atoms with Gasteiger partial charge in [-0.05, 0) is 42.2 Å². The molecule has 5 heteroatoms. The summed E-state index contributed by atoms with van der Waals surface area (Å²) in [4.78, 5) is 2.59. The van der Waals surface area contributed by atoms with Crippen LogP contribution in [-0.4, -0.2) is 28.2 Å². The molecular formula is C20H28N4O. The van der Waals surface area contributed by atoms with Gasteiger partial charge in [0.25, 0.3) is 0 Å². The highest BCUT2D eigenvalue weighted by Crippen LogP contribution is 2.39. The van der Waals surface area contributed by atoms with Gasteiger partial charge in [0.05, 0.1) is 0 Å². The topological polar surface area (TPSA) is 54.2 Å². The van der Waals surface area contributed by atoms with Crippen molar-refractivity contribution in [3.05, 3.63) is 41.3 Å². The molecule has 4 rings (SSSR count). The number of hydrogen-bond donors (Lipinski definition) is 1. The fraction of sp³-hybridized carbons (Fsp3) is 0.600. The lowest BCUT2D eigenvalue weighted by atomic mass is 9.91. The van der Waals surface area contributed by atoms with E-state index in [4.69, 9.17) is 4.42 Å². The van der Waals surface area contributed by atoms with E-state index in [9.17, 15) is 0 Å². The molecule has 2 aromatic rings. The largest absolute Gasteiger partial charge is 0.408 e. The van der Waals surface area contributed by atoms with Gasteiger partial charge < -0.3 is 9.73 Å². The summed E-state index contributed by atoms with van der Waals surface area (Å²) in [5, 5.41) is 11.6. The van der Waals surface area contributed by atoms with Crippen molar-refractivity contribution in [2.45, 2.75) is 52.1 Å². The number of piperidine rings is 1. The molecule has 2 aliphatic rings. The number of anilines is 1. The molecule has 1 N–H and O–H groups in total. The molecule has 1 saturated carbocycles. The molecule has 1 saturated heterocycles. The maximum Gasteiger partial charge on any atom is 0.315 e. The van der Waals surface area contributed by atoms with Gasteiger partial charge in [0, 0.05) is 32.1 Å². The first-order valence-corrected chi connectivity index (χ1v) is 9.54. The molecular weight excluding hydrogens is 312 g/mol. The van der Waals surface area contributed by atoms with Crippen LogP contribution in [0.1, 0.15) is 56.0 Å². The van der Waals surface area contributed by atoms with Crippen molar-refractivity contribution in [2.75, 3.05) is 18.4 Å². The lowest BCUT2D eigenvalue weighted by Gasteiger charge is -2.35. The number of nitrogens with one attached hydrogen (secondary N) is 1. The van der Waals surface area contributed by atoms with E-state index in [1.54, 1.807) is 0 Å². The van der Waals surface area contributed by atoms with E-state index in [1.165, 1.54) is 43.5 Å². The van der Waals surface area contributed by atoms with Crippen LogP contribution in [0, 0.1) is 11.8 Å². The predicted octanol–water partition coefficient (Wildman–Crippen LogP) is 4.04. The molecule has 1 aromatic heterocycles. The van der Waals surface area contributed by atoms with Crippen molar-refractivity contribution in [2.24, 2.45) is 11.8 Å². The Morgan fingerprint density at radius 1 is 1.08 bits per heavy atom. The molecule has 25 heavy (non-hydrogen) atoms. The van der Waals surface area contributed by atoms with E-state index < -0.39 is 0 Å². The molecule has 0 bridgehead atoms. The number of likely N-dealkylation sites (tertiary alicyclic amines) is 1. The van der Waals surface area contributed by atoms with E-state index >= 15 is 0 Å². The van der Waals surface area contributed by atoms with Gasteiger partial charge in [-0.25, -0.2) is 0 Å². The average molecular weight is 340 g/mol. The first-order valence-electron chi connectivity index (χ1n) is 9.54. The van der Waals surface area contributed by atoms with Gasteiger partial charge in [-0.15, -0.1) is 5.10 Å². The van der Waals surface area contributed by atoms with Crippen molar-refractivity contribution < 1.29 is 4.42 Å². The Labute approximate surface area is 149 Å². The van der Waals surface area contributed by atoms with Crippen LogP contribution in [0.2, 0.25) is 0 Å². The normalized spacial score (nSPS) is 24.4. The van der Waals surface area contributed by atoms with E-state index in [1.807, 2.05) is 0 Å². The molecule has 1 aliphatic carbocycles. The Morgan fingerprint density at radius 2 is 1.80 bits per heavy atom. The van der Waals surface area contributed by atoms with Gasteiger partial charge in [-0.2, -0.15) is 0 Å². The van der Waals surface area contributed by atoms with Crippen molar-refractivity contribution in [1.82, 2.24) is 15.1 Å². The fourth-order valence-electron chi connectivity index (χ4n) is 4.02. The lowest BCUT2D eigenvalue weighted by molar-refractivity contribution is 0.134. The molecule has 134 valence electrons. The zero-order valence-corrected chi connectivity index (χ0v) is 15.2. The number of rotatable bonds is 6. The maximum atomic E-state index is 5.70. The van der Waals surface area contributed by atoms with Crippen LogP contribution in [0.4, 0.5) is 6.01 Å². The Hall–Kier alpha value is -1.88. The van der Waals surface area contributed by atoms with E-state index in [2.05, 4.69) is 58.5 Å². The van der Waals surface area contributed by atoms with E-state index in [0.717, 1.165) is 30.8 Å². The molecule has 0 spiro atoms. The van der Waals surface area contributed by atoms with Crippen molar-refractivity contribution in [3.63, 3.8) is 0 Å². The Morgan fingerprint density at radius 3 is 2.52 bits per heavy atom. The SMILES string of the molecule is CC1CC(C)CN(Cc2ccccc2CNc2nnc(C3CC3)o2)C1. The zero-order valence-electron chi connectivity index (χ0n) is 15.2. The summed E-state index contributed by atoms with van der Waals surface area (Å²) in [6.45, 7) is 8.86. The van der Waals surface area contributed by atoms with Crippen molar-refractivity contribution >= 4 is 6.01 Å². The zero-order chi connectivity index (χ0) is 17.2. The van der Waals surface area contributed by atoms with Crippen LogP contribution in [0.15, 0.2) is 28.7 Å².